The van der Waals surface area contributed by atoms with E-state index in [1.54, 1.807) is 0 Å². The summed E-state index contributed by atoms with van der Waals surface area (Å²) >= 11 is 6.04. The molecule has 0 saturated carbocycles. The summed E-state index contributed by atoms with van der Waals surface area (Å²) in [7, 11) is 0. The van der Waals surface area contributed by atoms with Crippen molar-refractivity contribution in [3.05, 3.63) is 71.4 Å². The summed E-state index contributed by atoms with van der Waals surface area (Å²) in [5.74, 6) is 0.847. The molecule has 0 saturated heterocycles. The summed E-state index contributed by atoms with van der Waals surface area (Å²) < 4.78 is 5.77. The third kappa shape index (κ3) is 2.69. The third-order valence-corrected chi connectivity index (χ3v) is 3.10. The van der Waals surface area contributed by atoms with Crippen molar-refractivity contribution < 1.29 is 4.74 Å². The highest BCUT2D eigenvalue weighted by atomic mass is 35.5. The number of aromatic nitrogens is 1. The predicted octanol–water partition coefficient (Wildman–Crippen LogP) is 4.47. The number of fused-ring (bicyclic) bond motifs is 1. The second-order valence-corrected chi connectivity index (χ2v) is 4.61. The lowest BCUT2D eigenvalue weighted by Gasteiger charge is -2.09. The van der Waals surface area contributed by atoms with Crippen LogP contribution < -0.4 is 4.74 Å². The molecule has 94 valence electrons. The van der Waals surface area contributed by atoms with E-state index in [1.165, 1.54) is 0 Å². The molecule has 3 heteroatoms. The van der Waals surface area contributed by atoms with Gasteiger partial charge in [-0.25, -0.2) is 4.98 Å². The van der Waals surface area contributed by atoms with E-state index in [-0.39, 0.29) is 0 Å². The van der Waals surface area contributed by atoms with Crippen LogP contribution in [0.15, 0.2) is 60.7 Å². The molecular formula is C16H12ClNO. The smallest absolute Gasteiger partial charge is 0.130 e. The van der Waals surface area contributed by atoms with Gasteiger partial charge in [0, 0.05) is 10.9 Å². The number of ether oxygens (including phenoxy) is 1. The molecule has 0 fully saturated rings. The molecule has 0 amide bonds. The molecule has 19 heavy (non-hydrogen) atoms. The first-order valence-corrected chi connectivity index (χ1v) is 6.43. The van der Waals surface area contributed by atoms with Crippen molar-refractivity contribution in [2.45, 2.75) is 6.61 Å². The van der Waals surface area contributed by atoms with E-state index in [0.29, 0.717) is 11.8 Å². The van der Waals surface area contributed by atoms with E-state index in [0.717, 1.165) is 22.2 Å². The Morgan fingerprint density at radius 2 is 1.68 bits per heavy atom. The van der Waals surface area contributed by atoms with Gasteiger partial charge in [-0.3, -0.25) is 0 Å². The zero-order chi connectivity index (χ0) is 13.1. The van der Waals surface area contributed by atoms with Crippen LogP contribution in [0.5, 0.6) is 5.75 Å². The zero-order valence-electron chi connectivity index (χ0n) is 10.2. The summed E-state index contributed by atoms with van der Waals surface area (Å²) in [6, 6.07) is 19.5. The first kappa shape index (κ1) is 12.0. The maximum Gasteiger partial charge on any atom is 0.130 e. The van der Waals surface area contributed by atoms with Crippen molar-refractivity contribution in [3.63, 3.8) is 0 Å². The number of rotatable bonds is 3. The number of nitrogens with zero attached hydrogens (tertiary/aromatic N) is 1. The Kier molecular flexibility index (Phi) is 3.34. The molecule has 1 heterocycles. The Morgan fingerprint density at radius 3 is 2.53 bits per heavy atom. The molecule has 0 atom stereocenters. The van der Waals surface area contributed by atoms with Gasteiger partial charge in [0.1, 0.15) is 17.5 Å². The fourth-order valence-electron chi connectivity index (χ4n) is 2.01. The minimum absolute atomic E-state index is 0.479. The first-order chi connectivity index (χ1) is 9.33. The Balaban J connectivity index is 1.92. The predicted molar refractivity (Wildman–Crippen MR) is 77.5 cm³/mol. The Bertz CT molecular complexity index is 697. The maximum absolute atomic E-state index is 6.04. The minimum atomic E-state index is 0.479. The van der Waals surface area contributed by atoms with Gasteiger partial charge in [0.15, 0.2) is 0 Å². The molecule has 0 aliphatic carbocycles. The molecule has 3 rings (SSSR count). The second-order valence-electron chi connectivity index (χ2n) is 4.22. The zero-order valence-corrected chi connectivity index (χ0v) is 11.0. The molecule has 3 aromatic rings. The molecular weight excluding hydrogens is 258 g/mol. The summed E-state index contributed by atoms with van der Waals surface area (Å²) in [5.41, 5.74) is 1.93. The van der Waals surface area contributed by atoms with Gasteiger partial charge in [0.2, 0.25) is 0 Å². The van der Waals surface area contributed by atoms with Crippen LogP contribution in [0.1, 0.15) is 5.56 Å². The van der Waals surface area contributed by atoms with Crippen LogP contribution in [0, 0.1) is 0 Å². The van der Waals surface area contributed by atoms with E-state index < -0.39 is 0 Å². The van der Waals surface area contributed by atoms with Gasteiger partial charge < -0.3 is 4.74 Å². The fourth-order valence-corrected chi connectivity index (χ4v) is 2.23. The van der Waals surface area contributed by atoms with Crippen molar-refractivity contribution in [1.82, 2.24) is 4.98 Å². The molecule has 0 N–H and O–H groups in total. The quantitative estimate of drug-likeness (QED) is 0.655. The van der Waals surface area contributed by atoms with E-state index >= 15 is 0 Å². The van der Waals surface area contributed by atoms with Crippen LogP contribution in [-0.4, -0.2) is 4.98 Å². The van der Waals surface area contributed by atoms with Crippen molar-refractivity contribution in [2.75, 3.05) is 0 Å². The molecule has 0 spiro atoms. The van der Waals surface area contributed by atoms with E-state index in [9.17, 15) is 0 Å². The Hall–Kier alpha value is -2.06. The lowest BCUT2D eigenvalue weighted by atomic mass is 10.1. The largest absolute Gasteiger partial charge is 0.489 e. The molecule has 2 nitrogen and oxygen atoms in total. The maximum atomic E-state index is 6.04. The molecule has 0 bridgehead atoms. The second kappa shape index (κ2) is 5.29. The topological polar surface area (TPSA) is 22.1 Å². The van der Waals surface area contributed by atoms with Gasteiger partial charge in [0.25, 0.3) is 0 Å². The molecule has 1 aromatic heterocycles. The highest BCUT2D eigenvalue weighted by molar-refractivity contribution is 6.29. The molecule has 2 aromatic carbocycles. The lowest BCUT2D eigenvalue weighted by Crippen LogP contribution is -1.97. The Labute approximate surface area is 116 Å². The standard InChI is InChI=1S/C16H12ClNO/c17-16-10-12(11-19-13-6-2-1-3-7-13)14-8-4-5-9-15(14)18-16/h1-10H,11H2. The average Bonchev–Trinajstić information content (AvgIpc) is 2.45. The van der Waals surface area contributed by atoms with Crippen LogP contribution in [0.2, 0.25) is 5.15 Å². The van der Waals surface area contributed by atoms with Gasteiger partial charge in [0.05, 0.1) is 5.52 Å². The minimum Gasteiger partial charge on any atom is -0.489 e. The number of para-hydroxylation sites is 2. The number of hydrogen-bond acceptors (Lipinski definition) is 2. The van der Waals surface area contributed by atoms with Crippen molar-refractivity contribution in [3.8, 4) is 5.75 Å². The van der Waals surface area contributed by atoms with Gasteiger partial charge in [-0.15, -0.1) is 0 Å². The fraction of sp³-hybridized carbons (Fsp3) is 0.0625. The van der Waals surface area contributed by atoms with E-state index in [2.05, 4.69) is 4.98 Å². The van der Waals surface area contributed by atoms with Gasteiger partial charge in [-0.1, -0.05) is 48.0 Å². The summed E-state index contributed by atoms with van der Waals surface area (Å²) in [6.07, 6.45) is 0. The van der Waals surface area contributed by atoms with E-state index in [1.807, 2.05) is 60.7 Å². The monoisotopic (exact) mass is 269 g/mol. The van der Waals surface area contributed by atoms with Crippen LogP contribution in [0.25, 0.3) is 10.9 Å². The Morgan fingerprint density at radius 1 is 0.947 bits per heavy atom. The van der Waals surface area contributed by atoms with Crippen molar-refractivity contribution in [2.24, 2.45) is 0 Å². The molecule has 0 radical (unpaired) electrons. The lowest BCUT2D eigenvalue weighted by molar-refractivity contribution is 0.307. The molecule has 0 aliphatic rings. The van der Waals surface area contributed by atoms with E-state index in [4.69, 9.17) is 16.3 Å². The van der Waals surface area contributed by atoms with Gasteiger partial charge >= 0.3 is 0 Å². The van der Waals surface area contributed by atoms with Crippen molar-refractivity contribution in [1.29, 1.82) is 0 Å². The SMILES string of the molecule is Clc1cc(COc2ccccc2)c2ccccc2n1. The highest BCUT2D eigenvalue weighted by Crippen LogP contribution is 2.22. The highest BCUT2D eigenvalue weighted by Gasteiger charge is 2.05. The van der Waals surface area contributed by atoms with Gasteiger partial charge in [-0.05, 0) is 24.3 Å². The summed E-state index contributed by atoms with van der Waals surface area (Å²) in [4.78, 5) is 4.30. The van der Waals surface area contributed by atoms with Crippen LogP contribution >= 0.6 is 11.6 Å². The number of benzene rings is 2. The molecule has 0 unspecified atom stereocenters. The van der Waals surface area contributed by atoms with Crippen LogP contribution in [0.4, 0.5) is 0 Å². The van der Waals surface area contributed by atoms with Gasteiger partial charge in [-0.2, -0.15) is 0 Å². The van der Waals surface area contributed by atoms with Crippen LogP contribution in [-0.2, 0) is 6.61 Å². The number of halogens is 1. The number of pyridine rings is 1. The van der Waals surface area contributed by atoms with Crippen LogP contribution in [0.3, 0.4) is 0 Å². The average molecular weight is 270 g/mol. The molecule has 0 aliphatic heterocycles. The summed E-state index contributed by atoms with van der Waals surface area (Å²) in [6.45, 7) is 0.479. The van der Waals surface area contributed by atoms with Crippen molar-refractivity contribution >= 4 is 22.5 Å². The normalized spacial score (nSPS) is 10.6. The summed E-state index contributed by atoms with van der Waals surface area (Å²) in [5, 5.41) is 1.56. The number of hydrogen-bond donors (Lipinski definition) is 0. The third-order valence-electron chi connectivity index (χ3n) is 2.91. The first-order valence-electron chi connectivity index (χ1n) is 6.05.